The molecular formula is C13H20N2O. The summed E-state index contributed by atoms with van der Waals surface area (Å²) in [5, 5.41) is 9.75. The largest absolute Gasteiger partial charge is 0.391 e. The Hall–Kier alpha value is -1.22. The van der Waals surface area contributed by atoms with Crippen LogP contribution in [0.1, 0.15) is 13.3 Å². The Balaban J connectivity index is 2.21. The number of likely N-dealkylation sites (N-methyl/N-ethyl adjacent to an activating group) is 1. The molecule has 1 aromatic rings. The first kappa shape index (κ1) is 11.3. The van der Waals surface area contributed by atoms with Gasteiger partial charge in [0.25, 0.3) is 0 Å². The van der Waals surface area contributed by atoms with Crippen LogP contribution in [0.4, 0.5) is 11.4 Å². The highest BCUT2D eigenvalue weighted by molar-refractivity contribution is 5.73. The summed E-state index contributed by atoms with van der Waals surface area (Å²) in [4.78, 5) is 4.55. The average molecular weight is 220 g/mol. The van der Waals surface area contributed by atoms with Gasteiger partial charge in [0.05, 0.1) is 17.5 Å². The number of anilines is 2. The molecule has 0 fully saturated rings. The van der Waals surface area contributed by atoms with Crippen molar-refractivity contribution < 1.29 is 5.11 Å². The van der Waals surface area contributed by atoms with E-state index in [1.54, 1.807) is 0 Å². The smallest absolute Gasteiger partial charge is 0.0712 e. The van der Waals surface area contributed by atoms with Gasteiger partial charge in [0.2, 0.25) is 0 Å². The monoisotopic (exact) mass is 220 g/mol. The first-order chi connectivity index (χ1) is 7.72. The maximum absolute atomic E-state index is 9.75. The number of rotatable bonds is 3. The van der Waals surface area contributed by atoms with E-state index >= 15 is 0 Å². The quantitative estimate of drug-likeness (QED) is 0.840. The fourth-order valence-corrected chi connectivity index (χ4v) is 2.14. The molecule has 0 spiro atoms. The second-order valence-corrected chi connectivity index (χ2v) is 4.42. The molecule has 1 aliphatic heterocycles. The van der Waals surface area contributed by atoms with E-state index in [9.17, 15) is 5.11 Å². The van der Waals surface area contributed by atoms with Crippen LogP contribution in [0, 0.1) is 0 Å². The van der Waals surface area contributed by atoms with Gasteiger partial charge in [0, 0.05) is 26.7 Å². The molecule has 3 heteroatoms. The van der Waals surface area contributed by atoms with Gasteiger partial charge in [-0.1, -0.05) is 19.1 Å². The molecule has 0 bridgehead atoms. The van der Waals surface area contributed by atoms with E-state index in [1.807, 2.05) is 6.92 Å². The van der Waals surface area contributed by atoms with E-state index in [4.69, 9.17) is 0 Å². The molecule has 0 aromatic heterocycles. The summed E-state index contributed by atoms with van der Waals surface area (Å²) in [6, 6.07) is 8.39. The third-order valence-electron chi connectivity index (χ3n) is 3.24. The predicted octanol–water partition coefficient (Wildman–Crippen LogP) is 1.71. The van der Waals surface area contributed by atoms with Crippen LogP contribution in [-0.2, 0) is 0 Å². The Bertz CT molecular complexity index is 354. The first-order valence-electron chi connectivity index (χ1n) is 5.95. The summed E-state index contributed by atoms with van der Waals surface area (Å²) in [6.07, 6.45) is 0.588. The van der Waals surface area contributed by atoms with Crippen molar-refractivity contribution in [1.29, 1.82) is 0 Å². The first-order valence-corrected chi connectivity index (χ1v) is 5.95. The summed E-state index contributed by atoms with van der Waals surface area (Å²) >= 11 is 0. The number of hydrogen-bond donors (Lipinski definition) is 1. The zero-order chi connectivity index (χ0) is 11.5. The highest BCUT2D eigenvalue weighted by Gasteiger charge is 2.20. The van der Waals surface area contributed by atoms with Crippen LogP contribution in [0.3, 0.4) is 0 Å². The second kappa shape index (κ2) is 4.74. The SMILES string of the molecule is CC[C@@H](O)CN1CCN(C)c2ccccc21. The third kappa shape index (κ3) is 2.14. The van der Waals surface area contributed by atoms with Crippen LogP contribution in [0.5, 0.6) is 0 Å². The van der Waals surface area contributed by atoms with Crippen LogP contribution in [0.25, 0.3) is 0 Å². The molecule has 0 radical (unpaired) electrons. The van der Waals surface area contributed by atoms with E-state index in [2.05, 4.69) is 41.1 Å². The fraction of sp³-hybridized carbons (Fsp3) is 0.538. The summed E-state index contributed by atoms with van der Waals surface area (Å²) < 4.78 is 0. The minimum atomic E-state index is -0.225. The Morgan fingerprint density at radius 3 is 2.62 bits per heavy atom. The zero-order valence-corrected chi connectivity index (χ0v) is 10.1. The molecule has 0 saturated carbocycles. The van der Waals surface area contributed by atoms with Gasteiger partial charge in [-0.05, 0) is 18.6 Å². The predicted molar refractivity (Wildman–Crippen MR) is 68.2 cm³/mol. The molecule has 1 heterocycles. The number of benzene rings is 1. The van der Waals surface area contributed by atoms with E-state index in [0.717, 1.165) is 26.1 Å². The van der Waals surface area contributed by atoms with Gasteiger partial charge in [0.15, 0.2) is 0 Å². The lowest BCUT2D eigenvalue weighted by molar-refractivity contribution is 0.175. The molecule has 1 aliphatic rings. The molecule has 0 amide bonds. The molecule has 1 N–H and O–H groups in total. The van der Waals surface area contributed by atoms with Gasteiger partial charge in [-0.15, -0.1) is 0 Å². The lowest BCUT2D eigenvalue weighted by atomic mass is 10.1. The molecular weight excluding hydrogens is 200 g/mol. The number of β-amino-alcohol motifs (C(OH)–C–C–N with tert-alkyl or cyclic N) is 1. The molecule has 0 aliphatic carbocycles. The summed E-state index contributed by atoms with van der Waals surface area (Å²) in [6.45, 7) is 4.77. The van der Waals surface area contributed by atoms with Crippen molar-refractivity contribution in [3.63, 3.8) is 0 Å². The van der Waals surface area contributed by atoms with Gasteiger partial charge >= 0.3 is 0 Å². The van der Waals surface area contributed by atoms with Gasteiger partial charge in [-0.2, -0.15) is 0 Å². The molecule has 1 aromatic carbocycles. The molecule has 88 valence electrons. The minimum Gasteiger partial charge on any atom is -0.391 e. The lowest BCUT2D eigenvalue weighted by Crippen LogP contribution is -2.42. The van der Waals surface area contributed by atoms with Crippen molar-refractivity contribution in [2.75, 3.05) is 36.5 Å². The number of para-hydroxylation sites is 2. The van der Waals surface area contributed by atoms with E-state index in [0.29, 0.717) is 0 Å². The van der Waals surface area contributed by atoms with Crippen LogP contribution in [0.15, 0.2) is 24.3 Å². The number of aliphatic hydroxyl groups is 1. The van der Waals surface area contributed by atoms with Crippen molar-refractivity contribution in [2.45, 2.75) is 19.4 Å². The Labute approximate surface area is 97.3 Å². The molecule has 0 unspecified atom stereocenters. The lowest BCUT2D eigenvalue weighted by Gasteiger charge is -2.37. The van der Waals surface area contributed by atoms with Gasteiger partial charge in [0.1, 0.15) is 0 Å². The average Bonchev–Trinajstić information content (AvgIpc) is 2.33. The van der Waals surface area contributed by atoms with Crippen molar-refractivity contribution in [2.24, 2.45) is 0 Å². The third-order valence-corrected chi connectivity index (χ3v) is 3.24. The molecule has 0 saturated heterocycles. The van der Waals surface area contributed by atoms with Crippen LogP contribution >= 0.6 is 0 Å². The summed E-state index contributed by atoms with van der Waals surface area (Å²) in [5.41, 5.74) is 2.50. The maximum Gasteiger partial charge on any atom is 0.0712 e. The van der Waals surface area contributed by atoms with Crippen molar-refractivity contribution >= 4 is 11.4 Å². The number of fused-ring (bicyclic) bond motifs is 1. The van der Waals surface area contributed by atoms with Gasteiger partial charge in [-0.3, -0.25) is 0 Å². The Kier molecular flexibility index (Phi) is 3.34. The van der Waals surface area contributed by atoms with Gasteiger partial charge in [-0.25, -0.2) is 0 Å². The van der Waals surface area contributed by atoms with Crippen LogP contribution in [0.2, 0.25) is 0 Å². The van der Waals surface area contributed by atoms with Gasteiger partial charge < -0.3 is 14.9 Å². The van der Waals surface area contributed by atoms with Crippen molar-refractivity contribution in [3.05, 3.63) is 24.3 Å². The maximum atomic E-state index is 9.75. The van der Waals surface area contributed by atoms with E-state index < -0.39 is 0 Å². The topological polar surface area (TPSA) is 26.7 Å². The van der Waals surface area contributed by atoms with Crippen LogP contribution in [-0.4, -0.2) is 37.9 Å². The number of nitrogens with zero attached hydrogens (tertiary/aromatic N) is 2. The molecule has 3 nitrogen and oxygen atoms in total. The van der Waals surface area contributed by atoms with Crippen molar-refractivity contribution in [3.8, 4) is 0 Å². The molecule has 16 heavy (non-hydrogen) atoms. The summed E-state index contributed by atoms with van der Waals surface area (Å²) in [7, 11) is 2.12. The highest BCUT2D eigenvalue weighted by atomic mass is 16.3. The Morgan fingerprint density at radius 2 is 1.94 bits per heavy atom. The Morgan fingerprint density at radius 1 is 1.25 bits per heavy atom. The highest BCUT2D eigenvalue weighted by Crippen LogP contribution is 2.31. The fourth-order valence-electron chi connectivity index (χ4n) is 2.14. The molecule has 2 rings (SSSR count). The van der Waals surface area contributed by atoms with E-state index in [1.165, 1.54) is 11.4 Å². The number of aliphatic hydroxyl groups excluding tert-OH is 1. The molecule has 1 atom stereocenters. The zero-order valence-electron chi connectivity index (χ0n) is 10.1. The number of hydrogen-bond acceptors (Lipinski definition) is 3. The second-order valence-electron chi connectivity index (χ2n) is 4.42. The normalized spacial score (nSPS) is 17.2. The summed E-state index contributed by atoms with van der Waals surface area (Å²) in [5.74, 6) is 0. The minimum absolute atomic E-state index is 0.225. The van der Waals surface area contributed by atoms with Crippen LogP contribution < -0.4 is 9.80 Å². The van der Waals surface area contributed by atoms with Crippen molar-refractivity contribution in [1.82, 2.24) is 0 Å². The standard InChI is InChI=1S/C13H20N2O/c1-3-11(16)10-15-9-8-14(2)12-6-4-5-7-13(12)15/h4-7,11,16H,3,8-10H2,1-2H3/t11-/m1/s1. The van der Waals surface area contributed by atoms with E-state index in [-0.39, 0.29) is 6.10 Å².